The van der Waals surface area contributed by atoms with Gasteiger partial charge in [0.25, 0.3) is 0 Å². The summed E-state index contributed by atoms with van der Waals surface area (Å²) in [5.41, 5.74) is 1.73. The number of H-pyrrole nitrogens is 1. The lowest BCUT2D eigenvalue weighted by molar-refractivity contribution is 0.112. The van der Waals surface area contributed by atoms with Gasteiger partial charge in [0.1, 0.15) is 0 Å². The highest BCUT2D eigenvalue weighted by molar-refractivity contribution is 5.96. The topological polar surface area (TPSA) is 64.4 Å². The summed E-state index contributed by atoms with van der Waals surface area (Å²) in [6, 6.07) is 7.73. The van der Waals surface area contributed by atoms with E-state index >= 15 is 0 Å². The molecule has 0 saturated heterocycles. The molecule has 0 unspecified atom stereocenters. The fraction of sp³-hybridized carbons (Fsp3) is 0. The minimum atomic E-state index is 0. The highest BCUT2D eigenvalue weighted by atomic mass is 16.1. The smallest absolute Gasteiger partial charge is 0.152 e. The number of rotatable bonds is 1. The van der Waals surface area contributed by atoms with Crippen molar-refractivity contribution >= 4 is 17.2 Å². The third kappa shape index (κ3) is 1.10. The molecule has 3 nitrogen and oxygen atoms in total. The Kier molecular flexibility index (Phi) is 2.26. The molecule has 0 radical (unpaired) electrons. The lowest BCUT2D eigenvalue weighted by Gasteiger charge is -1.86. The maximum atomic E-state index is 10.5. The maximum absolute atomic E-state index is 10.5. The van der Waals surface area contributed by atoms with Gasteiger partial charge in [0.05, 0.1) is 0 Å². The molecule has 1 aromatic heterocycles. The molecule has 0 saturated carbocycles. The molecule has 12 heavy (non-hydrogen) atoms. The van der Waals surface area contributed by atoms with E-state index < -0.39 is 0 Å². The van der Waals surface area contributed by atoms with E-state index in [4.69, 9.17) is 0 Å². The molecule has 62 valence electrons. The maximum Gasteiger partial charge on any atom is 0.152 e. The molecule has 2 rings (SSSR count). The zero-order chi connectivity index (χ0) is 7.68. The summed E-state index contributed by atoms with van der Waals surface area (Å²) in [6.45, 7) is 0. The summed E-state index contributed by atoms with van der Waals surface area (Å²) < 4.78 is 0. The average molecular weight is 163 g/mol. The monoisotopic (exact) mass is 163 g/mol. The van der Waals surface area contributed by atoms with Crippen LogP contribution in [0.25, 0.3) is 10.9 Å². The Labute approximate surface area is 69.3 Å². The van der Waals surface area contributed by atoms with Gasteiger partial charge in [0.15, 0.2) is 6.29 Å². The van der Waals surface area contributed by atoms with Gasteiger partial charge in [-0.3, -0.25) is 4.79 Å². The van der Waals surface area contributed by atoms with Crippen LogP contribution in [-0.2, 0) is 0 Å². The van der Waals surface area contributed by atoms with E-state index in [-0.39, 0.29) is 5.48 Å². The third-order valence-electron chi connectivity index (χ3n) is 1.75. The molecular weight excluding hydrogens is 154 g/mol. The number of aromatic nitrogens is 1. The second-order valence-electron chi connectivity index (χ2n) is 2.41. The quantitative estimate of drug-likeness (QED) is 0.630. The van der Waals surface area contributed by atoms with E-state index in [9.17, 15) is 4.79 Å². The first-order chi connectivity index (χ1) is 5.42. The number of para-hydroxylation sites is 1. The van der Waals surface area contributed by atoms with Gasteiger partial charge in [-0.2, -0.15) is 0 Å². The lowest BCUT2D eigenvalue weighted by Crippen LogP contribution is -1.72. The lowest BCUT2D eigenvalue weighted by atomic mass is 10.2. The van der Waals surface area contributed by atoms with E-state index in [1.807, 2.05) is 24.3 Å². The first-order valence-corrected chi connectivity index (χ1v) is 3.43. The van der Waals surface area contributed by atoms with Gasteiger partial charge in [0.2, 0.25) is 0 Å². The molecule has 0 aliphatic carbocycles. The number of hydrogen-bond donors (Lipinski definition) is 1. The van der Waals surface area contributed by atoms with Crippen LogP contribution in [0.15, 0.2) is 30.5 Å². The Balaban J connectivity index is 0.000000720. The molecule has 0 spiro atoms. The zero-order valence-corrected chi connectivity index (χ0v) is 6.37. The second-order valence-corrected chi connectivity index (χ2v) is 2.41. The molecule has 1 heterocycles. The number of carbonyl (C=O) groups is 1. The molecule has 0 atom stereocenters. The second kappa shape index (κ2) is 3.19. The van der Waals surface area contributed by atoms with E-state index in [2.05, 4.69) is 4.98 Å². The van der Waals surface area contributed by atoms with Crippen LogP contribution in [0, 0.1) is 0 Å². The van der Waals surface area contributed by atoms with Crippen molar-refractivity contribution in [2.75, 3.05) is 0 Å². The number of carbonyl (C=O) groups excluding carboxylic acids is 1. The summed E-state index contributed by atoms with van der Waals surface area (Å²) in [6.07, 6.45) is 2.58. The minimum absolute atomic E-state index is 0. The van der Waals surface area contributed by atoms with Crippen molar-refractivity contribution in [2.24, 2.45) is 0 Å². The SMILES string of the molecule is O.O=Cc1c[nH]c2ccccc12. The summed E-state index contributed by atoms with van der Waals surface area (Å²) in [7, 11) is 0. The Morgan fingerprint density at radius 3 is 2.75 bits per heavy atom. The Morgan fingerprint density at radius 1 is 1.25 bits per heavy atom. The van der Waals surface area contributed by atoms with Crippen molar-refractivity contribution in [1.29, 1.82) is 0 Å². The Bertz CT molecular complexity index is 392. The summed E-state index contributed by atoms with van der Waals surface area (Å²) in [5.74, 6) is 0. The predicted octanol–water partition coefficient (Wildman–Crippen LogP) is 1.16. The van der Waals surface area contributed by atoms with Crippen LogP contribution in [0.2, 0.25) is 0 Å². The van der Waals surface area contributed by atoms with Crippen molar-refractivity contribution in [3.8, 4) is 0 Å². The van der Waals surface area contributed by atoms with Crippen molar-refractivity contribution in [3.63, 3.8) is 0 Å². The number of nitrogens with one attached hydrogen (secondary N) is 1. The predicted molar refractivity (Wildman–Crippen MR) is 47.3 cm³/mol. The van der Waals surface area contributed by atoms with Gasteiger partial charge in [-0.25, -0.2) is 0 Å². The Hall–Kier alpha value is -1.61. The summed E-state index contributed by atoms with van der Waals surface area (Å²) >= 11 is 0. The highest BCUT2D eigenvalue weighted by Gasteiger charge is 1.98. The largest absolute Gasteiger partial charge is 0.412 e. The van der Waals surface area contributed by atoms with Crippen molar-refractivity contribution < 1.29 is 10.3 Å². The van der Waals surface area contributed by atoms with E-state index in [0.717, 1.165) is 22.8 Å². The number of fused-ring (bicyclic) bond motifs is 1. The van der Waals surface area contributed by atoms with Gasteiger partial charge in [-0.05, 0) is 6.07 Å². The van der Waals surface area contributed by atoms with Gasteiger partial charge in [-0.15, -0.1) is 0 Å². The average Bonchev–Trinajstić information content (AvgIpc) is 2.47. The van der Waals surface area contributed by atoms with Crippen LogP contribution in [0.3, 0.4) is 0 Å². The normalized spacial score (nSPS) is 9.33. The number of hydrogen-bond acceptors (Lipinski definition) is 1. The molecule has 3 heteroatoms. The van der Waals surface area contributed by atoms with Crippen LogP contribution in [0.1, 0.15) is 10.4 Å². The molecule has 0 bridgehead atoms. The molecule has 0 aliphatic heterocycles. The van der Waals surface area contributed by atoms with Crippen LogP contribution < -0.4 is 0 Å². The van der Waals surface area contributed by atoms with Gasteiger partial charge < -0.3 is 10.5 Å². The van der Waals surface area contributed by atoms with Crippen molar-refractivity contribution in [2.45, 2.75) is 0 Å². The van der Waals surface area contributed by atoms with Gasteiger partial charge in [-0.1, -0.05) is 18.2 Å². The molecule has 2 aromatic rings. The number of benzene rings is 1. The molecule has 0 amide bonds. The van der Waals surface area contributed by atoms with Gasteiger partial charge in [0, 0.05) is 22.7 Å². The van der Waals surface area contributed by atoms with Crippen LogP contribution >= 0.6 is 0 Å². The molecule has 1 aromatic carbocycles. The Morgan fingerprint density at radius 2 is 2.00 bits per heavy atom. The van der Waals surface area contributed by atoms with Crippen LogP contribution in [0.5, 0.6) is 0 Å². The highest BCUT2D eigenvalue weighted by Crippen LogP contribution is 2.14. The van der Waals surface area contributed by atoms with Crippen molar-refractivity contribution in [1.82, 2.24) is 4.98 Å². The summed E-state index contributed by atoms with van der Waals surface area (Å²) in [4.78, 5) is 13.5. The first-order valence-electron chi connectivity index (χ1n) is 3.43. The van der Waals surface area contributed by atoms with Crippen LogP contribution in [-0.4, -0.2) is 16.7 Å². The van der Waals surface area contributed by atoms with Crippen molar-refractivity contribution in [3.05, 3.63) is 36.0 Å². The molecule has 0 aliphatic rings. The number of aldehydes is 1. The zero-order valence-electron chi connectivity index (χ0n) is 6.37. The first kappa shape index (κ1) is 8.49. The summed E-state index contributed by atoms with van der Waals surface area (Å²) in [5, 5.41) is 0.988. The van der Waals surface area contributed by atoms with Crippen LogP contribution in [0.4, 0.5) is 0 Å². The van der Waals surface area contributed by atoms with Gasteiger partial charge >= 0.3 is 0 Å². The molecule has 0 fully saturated rings. The standard InChI is InChI=1S/C9H7NO.H2O/c11-6-7-5-10-9-4-2-1-3-8(7)9;/h1-6,10H;1H2. The van der Waals surface area contributed by atoms with E-state index in [1.54, 1.807) is 6.20 Å². The fourth-order valence-corrected chi connectivity index (χ4v) is 1.19. The fourth-order valence-electron chi connectivity index (χ4n) is 1.19. The minimum Gasteiger partial charge on any atom is -0.412 e. The van der Waals surface area contributed by atoms with E-state index in [0.29, 0.717) is 0 Å². The molecular formula is C9H9NO2. The number of aromatic amines is 1. The van der Waals surface area contributed by atoms with E-state index in [1.165, 1.54) is 0 Å². The molecule has 3 N–H and O–H groups in total. The third-order valence-corrected chi connectivity index (χ3v) is 1.75.